The maximum Gasteiger partial charge on any atom is 0.316 e. The molecule has 1 atom stereocenters. The molecule has 0 aromatic rings. The number of rotatable bonds is 6. The molecule has 1 aliphatic heterocycles. The molecule has 2 rings (SSSR count). The molecule has 0 aromatic carbocycles. The van der Waals surface area contributed by atoms with Crippen LogP contribution in [-0.2, 0) is 14.8 Å². The molecule has 1 heterocycles. The first-order valence-corrected chi connectivity index (χ1v) is 9.01. The van der Waals surface area contributed by atoms with E-state index in [9.17, 15) is 13.2 Å². The molecule has 2 amide bonds. The van der Waals surface area contributed by atoms with Gasteiger partial charge in [-0.1, -0.05) is 6.42 Å². The Morgan fingerprint density at radius 3 is 2.57 bits per heavy atom. The molecule has 2 aliphatic rings. The molecule has 21 heavy (non-hydrogen) atoms. The summed E-state index contributed by atoms with van der Waals surface area (Å²) in [5, 5.41) is 2.61. The molecule has 1 saturated carbocycles. The van der Waals surface area contributed by atoms with Gasteiger partial charge < -0.3 is 15.0 Å². The smallest absolute Gasteiger partial charge is 0.316 e. The van der Waals surface area contributed by atoms with Crippen LogP contribution < -0.4 is 10.0 Å². The van der Waals surface area contributed by atoms with Crippen molar-refractivity contribution >= 4 is 16.1 Å². The molecule has 2 N–H and O–H groups in total. The van der Waals surface area contributed by atoms with E-state index in [-0.39, 0.29) is 36.4 Å². The second-order valence-corrected chi connectivity index (χ2v) is 8.14. The van der Waals surface area contributed by atoms with Gasteiger partial charge in [-0.3, -0.25) is 0 Å². The first kappa shape index (κ1) is 16.5. The Bertz CT molecular complexity index is 474. The van der Waals surface area contributed by atoms with E-state index in [1.165, 1.54) is 11.3 Å². The monoisotopic (exact) mass is 319 g/mol. The molecule has 8 heteroatoms. The minimum atomic E-state index is -3.36. The maximum atomic E-state index is 12.0. The summed E-state index contributed by atoms with van der Waals surface area (Å²) in [6, 6.07) is -0.236. The van der Waals surface area contributed by atoms with Gasteiger partial charge in [-0.25, -0.2) is 17.9 Å². The van der Waals surface area contributed by atoms with Crippen molar-refractivity contribution in [1.29, 1.82) is 0 Å². The van der Waals surface area contributed by atoms with E-state index in [0.717, 1.165) is 19.3 Å². The second-order valence-electron chi connectivity index (χ2n) is 6.29. The Kier molecular flexibility index (Phi) is 5.11. The van der Waals surface area contributed by atoms with Crippen LogP contribution in [0.25, 0.3) is 0 Å². The maximum absolute atomic E-state index is 12.0. The second kappa shape index (κ2) is 6.50. The lowest BCUT2D eigenvalue weighted by molar-refractivity contribution is 0.0750. The predicted molar refractivity (Wildman–Crippen MR) is 79.5 cm³/mol. The Balaban J connectivity index is 1.67. The van der Waals surface area contributed by atoms with Gasteiger partial charge in [0.15, 0.2) is 0 Å². The first-order chi connectivity index (χ1) is 9.82. The summed E-state index contributed by atoms with van der Waals surface area (Å²) in [5.74, 6) is 0.0103. The zero-order chi connectivity index (χ0) is 15.5. The van der Waals surface area contributed by atoms with E-state index in [1.807, 2.05) is 0 Å². The van der Waals surface area contributed by atoms with Crippen molar-refractivity contribution in [2.24, 2.45) is 5.41 Å². The molecule has 7 nitrogen and oxygen atoms in total. The van der Waals surface area contributed by atoms with E-state index in [0.29, 0.717) is 6.61 Å². The highest BCUT2D eigenvalue weighted by Crippen LogP contribution is 2.49. The first-order valence-electron chi connectivity index (χ1n) is 7.36. The fourth-order valence-corrected chi connectivity index (χ4v) is 4.10. The summed E-state index contributed by atoms with van der Waals surface area (Å²) in [7, 11) is -0.0931. The molecule has 0 radical (unpaired) electrons. The minimum Gasteiger partial charge on any atom is -0.377 e. The zero-order valence-corrected chi connectivity index (χ0v) is 13.5. The molecule has 1 aliphatic carbocycles. The van der Waals surface area contributed by atoms with E-state index in [2.05, 4.69) is 10.0 Å². The third kappa shape index (κ3) is 4.55. The van der Waals surface area contributed by atoms with Gasteiger partial charge in [-0.2, -0.15) is 0 Å². The van der Waals surface area contributed by atoms with Gasteiger partial charge in [-0.05, 0) is 24.7 Å². The largest absolute Gasteiger partial charge is 0.377 e. The summed E-state index contributed by atoms with van der Waals surface area (Å²) in [5.41, 5.74) is 0.264. The summed E-state index contributed by atoms with van der Waals surface area (Å²) in [4.78, 5) is 12.7. The molecule has 0 aromatic heterocycles. The van der Waals surface area contributed by atoms with Crippen molar-refractivity contribution < 1.29 is 17.9 Å². The zero-order valence-electron chi connectivity index (χ0n) is 12.7. The number of carbonyl (C=O) groups excluding carboxylic acids is 1. The number of sulfonamides is 1. The number of amides is 2. The third-order valence-corrected chi connectivity index (χ3v) is 5.69. The van der Waals surface area contributed by atoms with Crippen molar-refractivity contribution in [2.45, 2.75) is 31.8 Å². The van der Waals surface area contributed by atoms with E-state index in [4.69, 9.17) is 4.74 Å². The Hall–Kier alpha value is -0.860. The van der Waals surface area contributed by atoms with Crippen molar-refractivity contribution in [2.75, 3.05) is 39.5 Å². The molecule has 0 bridgehead atoms. The standard InChI is InChI=1S/C13H25N3O4S/c1-16(2)12(17)14-6-7-15-21(18,19)9-11-8-13(10-20-11)4-3-5-13/h11,15H,3-10H2,1-2H3,(H,14,17)/t11-/m1/s1. The van der Waals surface area contributed by atoms with Gasteiger partial charge >= 0.3 is 6.03 Å². The lowest BCUT2D eigenvalue weighted by Crippen LogP contribution is -2.41. The normalized spacial score (nSPS) is 23.8. The van der Waals surface area contributed by atoms with Gasteiger partial charge in [0.05, 0.1) is 18.5 Å². The van der Waals surface area contributed by atoms with Crippen LogP contribution in [0, 0.1) is 5.41 Å². The number of urea groups is 1. The average Bonchev–Trinajstić information content (AvgIpc) is 2.77. The van der Waals surface area contributed by atoms with E-state index in [1.54, 1.807) is 14.1 Å². The van der Waals surface area contributed by atoms with Crippen LogP contribution in [0.15, 0.2) is 0 Å². The Labute approximate surface area is 126 Å². The van der Waals surface area contributed by atoms with Crippen LogP contribution in [0.1, 0.15) is 25.7 Å². The number of ether oxygens (including phenoxy) is 1. The molecule has 2 fully saturated rings. The molecular weight excluding hydrogens is 294 g/mol. The Morgan fingerprint density at radius 2 is 2.05 bits per heavy atom. The van der Waals surface area contributed by atoms with Crippen LogP contribution >= 0.6 is 0 Å². The van der Waals surface area contributed by atoms with Gasteiger partial charge in [0, 0.05) is 27.2 Å². The van der Waals surface area contributed by atoms with Crippen molar-refractivity contribution in [1.82, 2.24) is 14.9 Å². The predicted octanol–water partition coefficient (Wildman–Crippen LogP) is 0.136. The lowest BCUT2D eigenvalue weighted by Gasteiger charge is -2.36. The Morgan fingerprint density at radius 1 is 1.33 bits per heavy atom. The SMILES string of the molecule is CN(C)C(=O)NCCNS(=O)(=O)C[C@H]1CC2(CCC2)CO1. The summed E-state index contributed by atoms with van der Waals surface area (Å²) in [6.45, 7) is 1.16. The van der Waals surface area contributed by atoms with Crippen molar-refractivity contribution in [3.05, 3.63) is 0 Å². The quantitative estimate of drug-likeness (QED) is 0.682. The van der Waals surface area contributed by atoms with Gasteiger partial charge in [0.2, 0.25) is 10.0 Å². The van der Waals surface area contributed by atoms with Gasteiger partial charge in [0.25, 0.3) is 0 Å². The minimum absolute atomic E-state index is 0.0103. The van der Waals surface area contributed by atoms with Crippen LogP contribution in [0.5, 0.6) is 0 Å². The fourth-order valence-electron chi connectivity index (χ4n) is 2.87. The van der Waals surface area contributed by atoms with Gasteiger partial charge in [0.1, 0.15) is 0 Å². The van der Waals surface area contributed by atoms with Crippen LogP contribution in [-0.4, -0.2) is 65.0 Å². The van der Waals surface area contributed by atoms with Crippen LogP contribution in [0.4, 0.5) is 4.79 Å². The van der Waals surface area contributed by atoms with E-state index < -0.39 is 10.0 Å². The molecular formula is C13H25N3O4S. The van der Waals surface area contributed by atoms with Crippen LogP contribution in [0.2, 0.25) is 0 Å². The van der Waals surface area contributed by atoms with Crippen molar-refractivity contribution in [3.8, 4) is 0 Å². The number of hydrogen-bond acceptors (Lipinski definition) is 4. The van der Waals surface area contributed by atoms with Crippen LogP contribution in [0.3, 0.4) is 0 Å². The third-order valence-electron chi connectivity index (χ3n) is 4.23. The number of nitrogens with zero attached hydrogens (tertiary/aromatic N) is 1. The topological polar surface area (TPSA) is 87.7 Å². The lowest BCUT2D eigenvalue weighted by atomic mass is 9.68. The highest BCUT2D eigenvalue weighted by molar-refractivity contribution is 7.89. The summed E-state index contributed by atoms with van der Waals surface area (Å²) < 4.78 is 32.1. The number of carbonyl (C=O) groups is 1. The highest BCUT2D eigenvalue weighted by atomic mass is 32.2. The molecule has 0 unspecified atom stereocenters. The highest BCUT2D eigenvalue weighted by Gasteiger charge is 2.45. The summed E-state index contributed by atoms with van der Waals surface area (Å²) >= 11 is 0. The number of hydrogen-bond donors (Lipinski definition) is 2. The van der Waals surface area contributed by atoms with Gasteiger partial charge in [-0.15, -0.1) is 0 Å². The average molecular weight is 319 g/mol. The van der Waals surface area contributed by atoms with Crippen molar-refractivity contribution in [3.63, 3.8) is 0 Å². The molecule has 1 spiro atoms. The number of nitrogens with one attached hydrogen (secondary N) is 2. The molecule has 122 valence electrons. The summed E-state index contributed by atoms with van der Waals surface area (Å²) in [6.07, 6.45) is 4.21. The molecule has 1 saturated heterocycles. The van der Waals surface area contributed by atoms with E-state index >= 15 is 0 Å². The fraction of sp³-hybridized carbons (Fsp3) is 0.923.